The maximum Gasteiger partial charge on any atom is 0.227 e. The Kier molecular flexibility index (Phi) is 3.76. The number of carbonyl (C=O) groups is 1. The standard InChI is InChI=1S/C14H26N2O/c1-9(2)8-16(10(3)4)14(17)12-7-11-5-6-13(12)15-11/h9-13,15H,5-8H2,1-4H3. The molecule has 0 aromatic rings. The minimum absolute atomic E-state index is 0.245. The van der Waals surface area contributed by atoms with Gasteiger partial charge in [-0.15, -0.1) is 0 Å². The summed E-state index contributed by atoms with van der Waals surface area (Å²) in [6, 6.07) is 1.40. The molecular weight excluding hydrogens is 212 g/mol. The average molecular weight is 238 g/mol. The molecule has 2 heterocycles. The van der Waals surface area contributed by atoms with Gasteiger partial charge in [-0.25, -0.2) is 0 Å². The lowest BCUT2D eigenvalue weighted by Crippen LogP contribution is -2.45. The Bertz CT molecular complexity index is 288. The first-order valence-electron chi connectivity index (χ1n) is 7.05. The summed E-state index contributed by atoms with van der Waals surface area (Å²) in [5.41, 5.74) is 0. The van der Waals surface area contributed by atoms with E-state index in [0.717, 1.165) is 13.0 Å². The van der Waals surface area contributed by atoms with Crippen molar-refractivity contribution in [3.63, 3.8) is 0 Å². The Morgan fingerprint density at radius 3 is 2.41 bits per heavy atom. The van der Waals surface area contributed by atoms with Crippen molar-refractivity contribution in [3.8, 4) is 0 Å². The van der Waals surface area contributed by atoms with Crippen molar-refractivity contribution < 1.29 is 4.79 Å². The highest BCUT2D eigenvalue weighted by atomic mass is 16.2. The summed E-state index contributed by atoms with van der Waals surface area (Å²) in [6.07, 6.45) is 3.51. The third-order valence-electron chi connectivity index (χ3n) is 4.09. The monoisotopic (exact) mass is 238 g/mol. The predicted molar refractivity (Wildman–Crippen MR) is 69.7 cm³/mol. The van der Waals surface area contributed by atoms with Crippen LogP contribution in [0, 0.1) is 11.8 Å². The topological polar surface area (TPSA) is 32.3 Å². The average Bonchev–Trinajstić information content (AvgIpc) is 2.85. The van der Waals surface area contributed by atoms with E-state index < -0.39 is 0 Å². The van der Waals surface area contributed by atoms with Gasteiger partial charge >= 0.3 is 0 Å². The SMILES string of the molecule is CC(C)CN(C(=O)C1CC2CCC1N2)C(C)C. The second kappa shape index (κ2) is 4.97. The van der Waals surface area contributed by atoms with E-state index in [0.29, 0.717) is 30.0 Å². The Morgan fingerprint density at radius 2 is 2.00 bits per heavy atom. The van der Waals surface area contributed by atoms with Crippen LogP contribution in [0.25, 0.3) is 0 Å². The first kappa shape index (κ1) is 12.9. The van der Waals surface area contributed by atoms with Gasteiger partial charge in [0.05, 0.1) is 5.92 Å². The summed E-state index contributed by atoms with van der Waals surface area (Å²) in [5, 5.41) is 3.56. The van der Waals surface area contributed by atoms with E-state index in [1.807, 2.05) is 0 Å². The molecule has 2 aliphatic rings. The zero-order valence-corrected chi connectivity index (χ0v) is 11.6. The van der Waals surface area contributed by atoms with E-state index in [1.54, 1.807) is 0 Å². The van der Waals surface area contributed by atoms with Gasteiger partial charge in [0.15, 0.2) is 0 Å². The van der Waals surface area contributed by atoms with Crippen molar-refractivity contribution in [2.24, 2.45) is 11.8 Å². The molecule has 2 aliphatic heterocycles. The van der Waals surface area contributed by atoms with Crippen LogP contribution in [0.3, 0.4) is 0 Å². The molecular formula is C14H26N2O. The Morgan fingerprint density at radius 1 is 1.29 bits per heavy atom. The molecule has 2 bridgehead atoms. The van der Waals surface area contributed by atoms with Gasteiger partial charge < -0.3 is 10.2 Å². The molecule has 3 heteroatoms. The van der Waals surface area contributed by atoms with Crippen LogP contribution in [0.5, 0.6) is 0 Å². The fraction of sp³-hybridized carbons (Fsp3) is 0.929. The van der Waals surface area contributed by atoms with Crippen LogP contribution in [0.2, 0.25) is 0 Å². The molecule has 0 radical (unpaired) electrons. The molecule has 0 spiro atoms. The van der Waals surface area contributed by atoms with E-state index in [1.165, 1.54) is 12.8 Å². The molecule has 17 heavy (non-hydrogen) atoms. The fourth-order valence-electron chi connectivity index (χ4n) is 3.26. The van der Waals surface area contributed by atoms with Crippen molar-refractivity contribution in [3.05, 3.63) is 0 Å². The normalized spacial score (nSPS) is 31.5. The zero-order valence-electron chi connectivity index (χ0n) is 11.6. The summed E-state index contributed by atoms with van der Waals surface area (Å²) >= 11 is 0. The van der Waals surface area contributed by atoms with E-state index in [-0.39, 0.29) is 5.92 Å². The number of hydrogen-bond donors (Lipinski definition) is 1. The lowest BCUT2D eigenvalue weighted by molar-refractivity contribution is -0.138. The lowest BCUT2D eigenvalue weighted by atomic mass is 9.87. The van der Waals surface area contributed by atoms with Crippen LogP contribution < -0.4 is 5.32 Å². The second-order valence-electron chi connectivity index (χ2n) is 6.37. The smallest absolute Gasteiger partial charge is 0.227 e. The van der Waals surface area contributed by atoms with Gasteiger partial charge in [-0.05, 0) is 39.0 Å². The molecule has 0 saturated carbocycles. The number of nitrogens with zero attached hydrogens (tertiary/aromatic N) is 1. The van der Waals surface area contributed by atoms with E-state index in [4.69, 9.17) is 0 Å². The minimum atomic E-state index is 0.245. The number of nitrogens with one attached hydrogen (secondary N) is 1. The summed E-state index contributed by atoms with van der Waals surface area (Å²) < 4.78 is 0. The first-order chi connectivity index (χ1) is 7.99. The van der Waals surface area contributed by atoms with Gasteiger partial charge in [-0.3, -0.25) is 4.79 Å². The summed E-state index contributed by atoms with van der Waals surface area (Å²) in [5.74, 6) is 1.18. The van der Waals surface area contributed by atoms with Gasteiger partial charge in [0.2, 0.25) is 5.91 Å². The highest BCUT2D eigenvalue weighted by Crippen LogP contribution is 2.34. The number of fused-ring (bicyclic) bond motifs is 2. The van der Waals surface area contributed by atoms with E-state index in [2.05, 4.69) is 37.9 Å². The molecule has 1 amide bonds. The van der Waals surface area contributed by atoms with Gasteiger partial charge in [0, 0.05) is 24.7 Å². The fourth-order valence-corrected chi connectivity index (χ4v) is 3.26. The third kappa shape index (κ3) is 2.65. The quantitative estimate of drug-likeness (QED) is 0.812. The number of hydrogen-bond acceptors (Lipinski definition) is 2. The summed E-state index contributed by atoms with van der Waals surface area (Å²) in [4.78, 5) is 14.7. The van der Waals surface area contributed by atoms with Crippen LogP contribution >= 0.6 is 0 Å². The van der Waals surface area contributed by atoms with Crippen LogP contribution in [0.1, 0.15) is 47.0 Å². The Labute approximate surface area is 105 Å². The second-order valence-corrected chi connectivity index (χ2v) is 6.37. The van der Waals surface area contributed by atoms with Gasteiger partial charge in [0.25, 0.3) is 0 Å². The number of carbonyl (C=O) groups excluding carboxylic acids is 1. The minimum Gasteiger partial charge on any atom is -0.340 e. The van der Waals surface area contributed by atoms with Crippen LogP contribution in [-0.4, -0.2) is 35.5 Å². The molecule has 3 nitrogen and oxygen atoms in total. The third-order valence-corrected chi connectivity index (χ3v) is 4.09. The van der Waals surface area contributed by atoms with Crippen LogP contribution in [-0.2, 0) is 4.79 Å². The van der Waals surface area contributed by atoms with Crippen LogP contribution in [0.4, 0.5) is 0 Å². The largest absolute Gasteiger partial charge is 0.340 e. The maximum atomic E-state index is 12.6. The van der Waals surface area contributed by atoms with Gasteiger partial charge in [0.1, 0.15) is 0 Å². The Hall–Kier alpha value is -0.570. The lowest BCUT2D eigenvalue weighted by Gasteiger charge is -2.33. The highest BCUT2D eigenvalue weighted by molar-refractivity contribution is 5.80. The molecule has 1 N–H and O–H groups in total. The van der Waals surface area contributed by atoms with Crippen LogP contribution in [0.15, 0.2) is 0 Å². The molecule has 3 unspecified atom stereocenters. The van der Waals surface area contributed by atoms with Crippen molar-refractivity contribution in [2.45, 2.75) is 65.1 Å². The molecule has 2 fully saturated rings. The van der Waals surface area contributed by atoms with Gasteiger partial charge in [-0.2, -0.15) is 0 Å². The predicted octanol–water partition coefficient (Wildman–Crippen LogP) is 2.02. The van der Waals surface area contributed by atoms with E-state index >= 15 is 0 Å². The molecule has 2 saturated heterocycles. The van der Waals surface area contributed by atoms with E-state index in [9.17, 15) is 4.79 Å². The van der Waals surface area contributed by atoms with Crippen molar-refractivity contribution in [1.82, 2.24) is 10.2 Å². The summed E-state index contributed by atoms with van der Waals surface area (Å²) in [6.45, 7) is 9.51. The van der Waals surface area contributed by atoms with Crippen molar-refractivity contribution in [1.29, 1.82) is 0 Å². The number of rotatable bonds is 4. The maximum absolute atomic E-state index is 12.6. The molecule has 2 rings (SSSR count). The zero-order chi connectivity index (χ0) is 12.6. The summed E-state index contributed by atoms with van der Waals surface area (Å²) in [7, 11) is 0. The first-order valence-corrected chi connectivity index (χ1v) is 7.05. The van der Waals surface area contributed by atoms with Crippen molar-refractivity contribution >= 4 is 5.91 Å². The molecule has 3 atom stereocenters. The van der Waals surface area contributed by atoms with Gasteiger partial charge in [-0.1, -0.05) is 13.8 Å². The molecule has 98 valence electrons. The Balaban J connectivity index is 2.01. The molecule has 0 aliphatic carbocycles. The highest BCUT2D eigenvalue weighted by Gasteiger charge is 2.44. The molecule has 0 aromatic heterocycles. The van der Waals surface area contributed by atoms with Crippen molar-refractivity contribution in [2.75, 3.05) is 6.54 Å². The number of amides is 1. The molecule has 0 aromatic carbocycles.